The second-order valence-corrected chi connectivity index (χ2v) is 8.66. The molecule has 30 heavy (non-hydrogen) atoms. The number of nitrogens with zero attached hydrogens (tertiary/aromatic N) is 1. The Morgan fingerprint density at radius 2 is 1.87 bits per heavy atom. The number of halogens is 3. The van der Waals surface area contributed by atoms with Crippen LogP contribution in [-0.2, 0) is 9.53 Å². The molecule has 2 bridgehead atoms. The standard InChI is InChI=1S/C22H32FN3O2.2ClH/c23-19-6-2-3-15(13-19)20(26-7-9-28-10-8-26)14-25-22(27)18-11-16-4-1-5-17(12-18)21(16)24;;/h2-3,6,13,16-18,20-21H,1,4-5,7-12,14,24H2,(H,25,27);2*1H. The molecule has 1 heterocycles. The van der Waals surface area contributed by atoms with Crippen molar-refractivity contribution in [2.75, 3.05) is 32.8 Å². The molecule has 3 fully saturated rings. The van der Waals surface area contributed by atoms with Crippen LogP contribution in [0.3, 0.4) is 0 Å². The minimum absolute atomic E-state index is 0. The number of amides is 1. The second-order valence-electron chi connectivity index (χ2n) is 8.66. The number of ether oxygens (including phenoxy) is 1. The Kier molecular flexibility index (Phi) is 9.82. The molecule has 1 aliphatic heterocycles. The van der Waals surface area contributed by atoms with Crippen molar-refractivity contribution in [3.63, 3.8) is 0 Å². The van der Waals surface area contributed by atoms with E-state index in [1.807, 2.05) is 6.07 Å². The molecule has 3 N–H and O–H groups in total. The second kappa shape index (κ2) is 11.6. The Morgan fingerprint density at radius 3 is 2.50 bits per heavy atom. The summed E-state index contributed by atoms with van der Waals surface area (Å²) in [6.07, 6.45) is 5.37. The first-order chi connectivity index (χ1) is 13.6. The van der Waals surface area contributed by atoms with Crippen molar-refractivity contribution in [2.45, 2.75) is 44.2 Å². The lowest BCUT2D eigenvalue weighted by molar-refractivity contribution is -0.128. The van der Waals surface area contributed by atoms with E-state index in [2.05, 4.69) is 10.2 Å². The minimum atomic E-state index is -0.240. The molecular weight excluding hydrogens is 428 g/mol. The number of carbonyl (C=O) groups is 1. The van der Waals surface area contributed by atoms with Gasteiger partial charge in [-0.3, -0.25) is 9.69 Å². The van der Waals surface area contributed by atoms with Gasteiger partial charge in [-0.15, -0.1) is 24.8 Å². The predicted molar refractivity (Wildman–Crippen MR) is 121 cm³/mol. The maximum Gasteiger partial charge on any atom is 0.223 e. The topological polar surface area (TPSA) is 67.6 Å². The molecule has 0 aromatic heterocycles. The summed E-state index contributed by atoms with van der Waals surface area (Å²) in [6, 6.07) is 6.96. The monoisotopic (exact) mass is 461 g/mol. The summed E-state index contributed by atoms with van der Waals surface area (Å²) in [7, 11) is 0. The molecule has 1 amide bonds. The van der Waals surface area contributed by atoms with Crippen molar-refractivity contribution in [3.8, 4) is 0 Å². The Morgan fingerprint density at radius 1 is 1.20 bits per heavy atom. The van der Waals surface area contributed by atoms with Crippen LogP contribution in [0, 0.1) is 23.6 Å². The maximum atomic E-state index is 13.8. The third-order valence-corrected chi connectivity index (χ3v) is 6.97. The van der Waals surface area contributed by atoms with Gasteiger partial charge < -0.3 is 15.8 Å². The number of fused-ring (bicyclic) bond motifs is 2. The highest BCUT2D eigenvalue weighted by Crippen LogP contribution is 2.41. The summed E-state index contributed by atoms with van der Waals surface area (Å²) < 4.78 is 19.3. The predicted octanol–water partition coefficient (Wildman–Crippen LogP) is 3.31. The van der Waals surface area contributed by atoms with Gasteiger partial charge in [-0.1, -0.05) is 18.6 Å². The van der Waals surface area contributed by atoms with Gasteiger partial charge in [0.25, 0.3) is 0 Å². The third-order valence-electron chi connectivity index (χ3n) is 6.97. The number of nitrogens with one attached hydrogen (secondary N) is 1. The molecule has 5 nitrogen and oxygen atoms in total. The van der Waals surface area contributed by atoms with Crippen LogP contribution in [0.1, 0.15) is 43.7 Å². The fraction of sp³-hybridized carbons (Fsp3) is 0.682. The molecule has 2 aliphatic carbocycles. The van der Waals surface area contributed by atoms with Gasteiger partial charge in [0.2, 0.25) is 5.91 Å². The third kappa shape index (κ3) is 5.86. The molecule has 3 aliphatic rings. The van der Waals surface area contributed by atoms with Gasteiger partial charge in [0, 0.05) is 31.6 Å². The van der Waals surface area contributed by atoms with Gasteiger partial charge in [0.05, 0.1) is 19.3 Å². The fourth-order valence-corrected chi connectivity index (χ4v) is 5.41. The zero-order valence-electron chi connectivity index (χ0n) is 17.3. The summed E-state index contributed by atoms with van der Waals surface area (Å²) in [4.78, 5) is 15.2. The molecule has 3 atom stereocenters. The molecule has 0 spiro atoms. The van der Waals surface area contributed by atoms with E-state index in [1.165, 1.54) is 12.5 Å². The van der Waals surface area contributed by atoms with Crippen LogP contribution in [0.15, 0.2) is 24.3 Å². The summed E-state index contributed by atoms with van der Waals surface area (Å²) >= 11 is 0. The number of hydrogen-bond acceptors (Lipinski definition) is 4. The highest BCUT2D eigenvalue weighted by atomic mass is 35.5. The van der Waals surface area contributed by atoms with Crippen molar-refractivity contribution in [1.82, 2.24) is 10.2 Å². The Hall–Kier alpha value is -0.920. The normalized spacial score (nSPS) is 29.8. The Bertz CT molecular complexity index is 676. The number of rotatable bonds is 5. The first-order valence-corrected chi connectivity index (χ1v) is 10.7. The van der Waals surface area contributed by atoms with Crippen LogP contribution in [0.4, 0.5) is 4.39 Å². The SMILES string of the molecule is Cl.Cl.NC1C2CCCC1CC(C(=O)NCC(c1cccc(F)c1)N1CCOCC1)C2. The van der Waals surface area contributed by atoms with Crippen molar-refractivity contribution in [3.05, 3.63) is 35.6 Å². The van der Waals surface area contributed by atoms with Crippen LogP contribution in [0.25, 0.3) is 0 Å². The number of nitrogens with two attached hydrogens (primary N) is 1. The minimum Gasteiger partial charge on any atom is -0.379 e. The summed E-state index contributed by atoms with van der Waals surface area (Å²) in [5.41, 5.74) is 7.28. The van der Waals surface area contributed by atoms with Crippen molar-refractivity contribution in [2.24, 2.45) is 23.5 Å². The van der Waals surface area contributed by atoms with E-state index in [9.17, 15) is 9.18 Å². The first kappa shape index (κ1) is 25.3. The zero-order valence-corrected chi connectivity index (χ0v) is 18.9. The smallest absolute Gasteiger partial charge is 0.223 e. The van der Waals surface area contributed by atoms with Crippen molar-refractivity contribution in [1.29, 1.82) is 0 Å². The fourth-order valence-electron chi connectivity index (χ4n) is 5.41. The van der Waals surface area contributed by atoms with Crippen LogP contribution in [-0.4, -0.2) is 49.7 Å². The lowest BCUT2D eigenvalue weighted by atomic mass is 9.65. The summed E-state index contributed by atoms with van der Waals surface area (Å²) in [5.74, 6) is 0.936. The van der Waals surface area contributed by atoms with Crippen LogP contribution >= 0.6 is 24.8 Å². The molecule has 1 aromatic carbocycles. The average Bonchev–Trinajstić information content (AvgIpc) is 2.69. The quantitative estimate of drug-likeness (QED) is 0.705. The summed E-state index contributed by atoms with van der Waals surface area (Å²) in [6.45, 7) is 3.42. The van der Waals surface area contributed by atoms with E-state index in [4.69, 9.17) is 10.5 Å². The van der Waals surface area contributed by atoms with E-state index in [1.54, 1.807) is 12.1 Å². The largest absolute Gasteiger partial charge is 0.379 e. The number of hydrogen-bond donors (Lipinski definition) is 2. The molecular formula is C22H34Cl2FN3O2. The average molecular weight is 462 g/mol. The number of carbonyl (C=O) groups excluding carboxylic acids is 1. The molecule has 8 heteroatoms. The maximum absolute atomic E-state index is 13.8. The van der Waals surface area contributed by atoms with Gasteiger partial charge in [-0.2, -0.15) is 0 Å². The number of benzene rings is 1. The van der Waals surface area contributed by atoms with Crippen LogP contribution in [0.5, 0.6) is 0 Å². The van der Waals surface area contributed by atoms with E-state index in [0.29, 0.717) is 31.6 Å². The lowest BCUT2D eigenvalue weighted by Crippen LogP contribution is -2.50. The molecule has 1 aromatic rings. The van der Waals surface area contributed by atoms with Gasteiger partial charge in [0.15, 0.2) is 0 Å². The van der Waals surface area contributed by atoms with Crippen LogP contribution in [0.2, 0.25) is 0 Å². The Labute approximate surface area is 191 Å². The van der Waals surface area contributed by atoms with Gasteiger partial charge in [-0.05, 0) is 55.2 Å². The van der Waals surface area contributed by atoms with Gasteiger partial charge >= 0.3 is 0 Å². The van der Waals surface area contributed by atoms with Crippen molar-refractivity contribution >= 4 is 30.7 Å². The van der Waals surface area contributed by atoms with Crippen LogP contribution < -0.4 is 11.1 Å². The summed E-state index contributed by atoms with van der Waals surface area (Å²) in [5, 5.41) is 3.19. The van der Waals surface area contributed by atoms with E-state index >= 15 is 0 Å². The van der Waals surface area contributed by atoms with Gasteiger partial charge in [0.1, 0.15) is 5.82 Å². The highest BCUT2D eigenvalue weighted by molar-refractivity contribution is 5.85. The molecule has 3 unspecified atom stereocenters. The Balaban J connectivity index is 0.00000160. The van der Waals surface area contributed by atoms with E-state index in [0.717, 1.165) is 44.3 Å². The van der Waals surface area contributed by atoms with Gasteiger partial charge in [-0.25, -0.2) is 4.39 Å². The van der Waals surface area contributed by atoms with Crippen molar-refractivity contribution < 1.29 is 13.9 Å². The van der Waals surface area contributed by atoms with E-state index in [-0.39, 0.29) is 54.5 Å². The molecule has 2 saturated carbocycles. The molecule has 4 rings (SSSR count). The van der Waals surface area contributed by atoms with E-state index < -0.39 is 0 Å². The zero-order chi connectivity index (χ0) is 19.5. The highest BCUT2D eigenvalue weighted by Gasteiger charge is 2.40. The molecule has 1 saturated heterocycles. The number of morpholine rings is 1. The lowest BCUT2D eigenvalue weighted by Gasteiger charge is -2.43. The first-order valence-electron chi connectivity index (χ1n) is 10.7. The molecule has 0 radical (unpaired) electrons. The molecule has 170 valence electrons.